The van der Waals surface area contributed by atoms with Gasteiger partial charge in [-0.2, -0.15) is 0 Å². The first-order chi connectivity index (χ1) is 23.6. The molecule has 2 atom stereocenters. The fraction of sp³-hybridized carbons (Fsp3) is 0.250. The number of allylic oxidation sites excluding steroid dienone is 2. The van der Waals surface area contributed by atoms with E-state index in [0.717, 1.165) is 0 Å². The number of benzene rings is 6. The quantitative estimate of drug-likeness (QED) is 0.156. The molecule has 0 nitrogen and oxygen atoms in total. The van der Waals surface area contributed by atoms with E-state index in [4.69, 9.17) is 0 Å². The summed E-state index contributed by atoms with van der Waals surface area (Å²) < 4.78 is 4.14. The topological polar surface area (TPSA) is 0 Å². The summed E-state index contributed by atoms with van der Waals surface area (Å²) in [5.41, 5.74) is 15.4. The summed E-state index contributed by atoms with van der Waals surface area (Å²) >= 11 is -3.17. The van der Waals surface area contributed by atoms with Crippen molar-refractivity contribution in [3.05, 3.63) is 155 Å². The van der Waals surface area contributed by atoms with Crippen LogP contribution in [0.2, 0.25) is 8.35 Å². The van der Waals surface area contributed by atoms with Gasteiger partial charge in [-0.3, -0.25) is 0 Å². The molecule has 6 aromatic carbocycles. The molecule has 1 aliphatic heterocycles. The van der Waals surface area contributed by atoms with Gasteiger partial charge in [-0.05, 0) is 0 Å². The van der Waals surface area contributed by atoms with Gasteiger partial charge in [-0.15, -0.1) is 0 Å². The molecule has 0 radical (unpaired) electrons. The molecule has 2 aliphatic carbocycles. The Morgan fingerprint density at radius 3 is 1.20 bits per heavy atom. The van der Waals surface area contributed by atoms with E-state index in [1.807, 2.05) is 0 Å². The van der Waals surface area contributed by atoms with Crippen LogP contribution in [0, 0.1) is 10.8 Å². The second kappa shape index (κ2) is 11.1. The Balaban J connectivity index is 1.25. The molecule has 9 rings (SSSR count). The van der Waals surface area contributed by atoms with Gasteiger partial charge in [0.1, 0.15) is 0 Å². The number of hydrogen-bond acceptors (Lipinski definition) is 0. The second-order valence-electron chi connectivity index (χ2n) is 17.0. The Morgan fingerprint density at radius 1 is 0.429 bits per heavy atom. The molecule has 0 saturated carbocycles. The first-order valence-electron chi connectivity index (χ1n) is 18.2. The van der Waals surface area contributed by atoms with Crippen molar-refractivity contribution < 1.29 is 20.0 Å². The molecule has 2 unspecified atom stereocenters. The predicted octanol–water partition coefficient (Wildman–Crippen LogP) is 14.0. The first-order valence-corrected chi connectivity index (χ1v) is 27.5. The molecular formula is C48H46Hf. The fourth-order valence-electron chi connectivity index (χ4n) is 9.62. The van der Waals surface area contributed by atoms with Gasteiger partial charge < -0.3 is 0 Å². The molecule has 6 aromatic rings. The van der Waals surface area contributed by atoms with E-state index in [2.05, 4.69) is 175 Å². The van der Waals surface area contributed by atoms with E-state index in [1.165, 1.54) is 63.3 Å². The average molecular weight is 801 g/mol. The minimum atomic E-state index is -3.17. The van der Waals surface area contributed by atoms with E-state index < -0.39 is 20.0 Å². The van der Waals surface area contributed by atoms with Gasteiger partial charge in [0, 0.05) is 0 Å². The van der Waals surface area contributed by atoms with Crippen molar-refractivity contribution in [2.45, 2.75) is 57.2 Å². The van der Waals surface area contributed by atoms with Crippen LogP contribution in [0.5, 0.6) is 0 Å². The third-order valence-corrected chi connectivity index (χ3v) is 30.7. The van der Waals surface area contributed by atoms with Crippen LogP contribution in [0.3, 0.4) is 0 Å². The Bertz CT molecular complexity index is 2190. The van der Waals surface area contributed by atoms with Gasteiger partial charge in [0.25, 0.3) is 0 Å². The number of rotatable bonds is 4. The van der Waals surface area contributed by atoms with Crippen LogP contribution < -0.4 is 0 Å². The zero-order valence-corrected chi connectivity index (χ0v) is 33.4. The normalized spacial score (nSPS) is 19.5. The summed E-state index contributed by atoms with van der Waals surface area (Å²) in [6.07, 6.45) is 5.33. The van der Waals surface area contributed by atoms with Gasteiger partial charge in [-0.25, -0.2) is 0 Å². The van der Waals surface area contributed by atoms with Crippen LogP contribution in [0.4, 0.5) is 0 Å². The summed E-state index contributed by atoms with van der Waals surface area (Å²) in [6, 6.07) is 46.0. The van der Waals surface area contributed by atoms with Gasteiger partial charge in [0.15, 0.2) is 0 Å². The Labute approximate surface area is 296 Å². The van der Waals surface area contributed by atoms with E-state index >= 15 is 0 Å². The molecule has 0 amide bonds. The van der Waals surface area contributed by atoms with E-state index in [1.54, 1.807) is 22.3 Å². The maximum absolute atomic E-state index is 3.17. The van der Waals surface area contributed by atoms with Crippen molar-refractivity contribution in [1.82, 2.24) is 0 Å². The Kier molecular flexibility index (Phi) is 7.06. The van der Waals surface area contributed by atoms with Crippen LogP contribution in [-0.2, 0) is 20.0 Å². The van der Waals surface area contributed by atoms with Crippen molar-refractivity contribution in [3.63, 3.8) is 0 Å². The molecule has 242 valence electrons. The molecule has 3 aliphatic rings. The Morgan fingerprint density at radius 2 is 0.796 bits per heavy atom. The average Bonchev–Trinajstić information content (AvgIpc) is 3.59. The summed E-state index contributed by atoms with van der Waals surface area (Å²) in [5.74, 6) is 0. The van der Waals surface area contributed by atoms with Crippen molar-refractivity contribution in [2.24, 2.45) is 10.8 Å². The second-order valence-corrected chi connectivity index (χ2v) is 33.6. The van der Waals surface area contributed by atoms with Crippen LogP contribution in [0.25, 0.3) is 56.0 Å². The van der Waals surface area contributed by atoms with E-state index in [9.17, 15) is 0 Å². The van der Waals surface area contributed by atoms with Gasteiger partial charge >= 0.3 is 299 Å². The van der Waals surface area contributed by atoms with E-state index in [0.29, 0.717) is 7.35 Å². The summed E-state index contributed by atoms with van der Waals surface area (Å²) in [4.78, 5) is 0. The third-order valence-electron chi connectivity index (χ3n) is 12.0. The minimum absolute atomic E-state index is 0.104. The van der Waals surface area contributed by atoms with Crippen LogP contribution >= 0.6 is 0 Å². The standard InChI is InChI=1S/2C23H21.C2H4.Hf/c2*1-23(2,3)18-14-17-10-7-13-21(22(17)15-18)20-12-6-9-16-8-4-5-11-19(16)20;1-2;/h2*4-15H,1-3H3;1-2H2;. The fourth-order valence-corrected chi connectivity index (χ4v) is 38.9. The number of fused-ring (bicyclic) bond motifs is 4. The van der Waals surface area contributed by atoms with Gasteiger partial charge in [0.2, 0.25) is 0 Å². The van der Waals surface area contributed by atoms with Gasteiger partial charge in [-0.1, -0.05) is 0 Å². The van der Waals surface area contributed by atoms with Gasteiger partial charge in [0.05, 0.1) is 0 Å². The zero-order chi connectivity index (χ0) is 33.7. The molecule has 0 spiro atoms. The van der Waals surface area contributed by atoms with Crippen molar-refractivity contribution in [2.75, 3.05) is 0 Å². The first kappa shape index (κ1) is 31.2. The molecule has 0 aromatic heterocycles. The molecule has 0 bridgehead atoms. The summed E-state index contributed by atoms with van der Waals surface area (Å²) in [5, 5.41) is 5.33. The molecule has 1 heterocycles. The number of hydrogen-bond donors (Lipinski definition) is 0. The third kappa shape index (κ3) is 4.86. The maximum atomic E-state index is 2.67. The predicted molar refractivity (Wildman–Crippen MR) is 209 cm³/mol. The molecule has 49 heavy (non-hydrogen) atoms. The van der Waals surface area contributed by atoms with Crippen molar-refractivity contribution >= 4 is 33.7 Å². The molecule has 1 saturated heterocycles. The SMILES string of the molecule is CC(C)(C)C1=Cc2c(-c3cccc4ccccc34)cccc2[CH]1[Hf]1([CH]2C(C(C)(C)C)=Cc3c(-c4cccc5ccccc45)cccc32)[CH2][CH2]1. The summed E-state index contributed by atoms with van der Waals surface area (Å²) in [7, 11) is 0. The monoisotopic (exact) mass is 802 g/mol. The van der Waals surface area contributed by atoms with Crippen LogP contribution in [-0.4, -0.2) is 0 Å². The van der Waals surface area contributed by atoms with Crippen LogP contribution in [0.15, 0.2) is 132 Å². The Hall–Kier alpha value is -3.81. The van der Waals surface area contributed by atoms with Crippen molar-refractivity contribution in [1.29, 1.82) is 0 Å². The van der Waals surface area contributed by atoms with Crippen molar-refractivity contribution in [3.8, 4) is 22.3 Å². The molecule has 1 heteroatoms. The molecule has 0 N–H and O–H groups in total. The van der Waals surface area contributed by atoms with Crippen LogP contribution in [0.1, 0.15) is 71.1 Å². The summed E-state index contributed by atoms with van der Waals surface area (Å²) in [6.45, 7) is 14.8. The van der Waals surface area contributed by atoms with E-state index in [-0.39, 0.29) is 10.8 Å². The molecule has 1 fully saturated rings. The zero-order valence-electron chi connectivity index (χ0n) is 29.8. The molecular weight excluding hydrogens is 755 g/mol.